The largest absolute Gasteiger partial charge is 0.497 e. The molecule has 0 unspecified atom stereocenters. The lowest BCUT2D eigenvalue weighted by molar-refractivity contribution is 0.407. The fraction of sp³-hybridized carbons (Fsp3) is 0.0714. The summed E-state index contributed by atoms with van der Waals surface area (Å²) >= 11 is 7.34. The van der Waals surface area contributed by atoms with Crippen LogP contribution in [0.1, 0.15) is 5.56 Å². The number of hydrogen-bond donors (Lipinski definition) is 0. The average Bonchev–Trinajstić information content (AvgIpc) is 2.95. The van der Waals surface area contributed by atoms with Crippen molar-refractivity contribution < 1.29 is 9.47 Å². The lowest BCUT2D eigenvalue weighted by Crippen LogP contribution is -1.93. The molecule has 7 heteroatoms. The van der Waals surface area contributed by atoms with Crippen LogP contribution in [0, 0.1) is 11.3 Å². The molecular weight excluding hydrogens is 310 g/mol. The van der Waals surface area contributed by atoms with E-state index in [0.717, 1.165) is 10.2 Å². The minimum absolute atomic E-state index is 0.114. The molecule has 0 aliphatic rings. The standard InChI is InChI=1S/C14H8ClN3O2S/c1-19-9-4-8(7-16)5-10(6-9)20-12-11-2-3-21-13(11)18-14(15)17-12/h2-6H,1H3. The van der Waals surface area contributed by atoms with Crippen molar-refractivity contribution >= 4 is 33.2 Å². The van der Waals surface area contributed by atoms with Gasteiger partial charge in [0.15, 0.2) is 0 Å². The van der Waals surface area contributed by atoms with E-state index in [-0.39, 0.29) is 5.28 Å². The molecule has 0 spiro atoms. The first kappa shape index (κ1) is 13.6. The van der Waals surface area contributed by atoms with E-state index in [9.17, 15) is 0 Å². The maximum absolute atomic E-state index is 9.02. The van der Waals surface area contributed by atoms with Crippen LogP contribution in [0.2, 0.25) is 5.28 Å². The quantitative estimate of drug-likeness (QED) is 0.682. The number of benzene rings is 1. The van der Waals surface area contributed by atoms with Crippen LogP contribution in [0.4, 0.5) is 0 Å². The Labute approximate surface area is 129 Å². The molecule has 0 saturated carbocycles. The van der Waals surface area contributed by atoms with Crippen LogP contribution in [-0.2, 0) is 0 Å². The van der Waals surface area contributed by atoms with Crippen LogP contribution >= 0.6 is 22.9 Å². The van der Waals surface area contributed by atoms with E-state index in [1.807, 2.05) is 11.4 Å². The van der Waals surface area contributed by atoms with Gasteiger partial charge in [-0.25, -0.2) is 4.98 Å². The van der Waals surface area contributed by atoms with Crippen molar-refractivity contribution in [2.75, 3.05) is 7.11 Å². The summed E-state index contributed by atoms with van der Waals surface area (Å²) in [4.78, 5) is 8.96. The first-order chi connectivity index (χ1) is 10.2. The van der Waals surface area contributed by atoms with E-state index in [1.54, 1.807) is 18.2 Å². The highest BCUT2D eigenvalue weighted by atomic mass is 35.5. The third-order valence-electron chi connectivity index (χ3n) is 2.72. The summed E-state index contributed by atoms with van der Waals surface area (Å²) in [6, 6.07) is 8.82. The van der Waals surface area contributed by atoms with E-state index in [2.05, 4.69) is 16.0 Å². The number of nitrogens with zero attached hydrogens (tertiary/aromatic N) is 3. The average molecular weight is 318 g/mol. The van der Waals surface area contributed by atoms with Gasteiger partial charge in [-0.2, -0.15) is 10.2 Å². The predicted molar refractivity (Wildman–Crippen MR) is 80.2 cm³/mol. The predicted octanol–water partition coefficient (Wildman–Crippen LogP) is 4.02. The number of rotatable bonds is 3. The lowest BCUT2D eigenvalue weighted by atomic mass is 10.2. The fourth-order valence-electron chi connectivity index (χ4n) is 1.81. The molecule has 3 rings (SSSR count). The molecule has 0 N–H and O–H groups in total. The molecule has 2 aromatic heterocycles. The number of thiophene rings is 1. The summed E-state index contributed by atoms with van der Waals surface area (Å²) < 4.78 is 10.9. The molecule has 0 aliphatic carbocycles. The van der Waals surface area contributed by atoms with Crippen molar-refractivity contribution in [3.8, 4) is 23.4 Å². The first-order valence-electron chi connectivity index (χ1n) is 5.87. The number of ether oxygens (including phenoxy) is 2. The number of aromatic nitrogens is 2. The number of methoxy groups -OCH3 is 1. The summed E-state index contributed by atoms with van der Waals surface area (Å²) in [5, 5.41) is 11.8. The Kier molecular flexibility index (Phi) is 3.60. The summed E-state index contributed by atoms with van der Waals surface area (Å²) in [5.41, 5.74) is 0.436. The lowest BCUT2D eigenvalue weighted by Gasteiger charge is -2.08. The SMILES string of the molecule is COc1cc(C#N)cc(Oc2nc(Cl)nc3sccc23)c1. The molecule has 0 bridgehead atoms. The number of hydrogen-bond acceptors (Lipinski definition) is 6. The second-order valence-corrected chi connectivity index (χ2v) is 5.28. The van der Waals surface area contributed by atoms with E-state index in [1.165, 1.54) is 18.4 Å². The minimum Gasteiger partial charge on any atom is -0.497 e. The zero-order valence-electron chi connectivity index (χ0n) is 10.8. The van der Waals surface area contributed by atoms with Gasteiger partial charge in [0.2, 0.25) is 11.2 Å². The zero-order valence-corrected chi connectivity index (χ0v) is 12.4. The van der Waals surface area contributed by atoms with Crippen LogP contribution in [0.15, 0.2) is 29.6 Å². The van der Waals surface area contributed by atoms with Gasteiger partial charge in [0.25, 0.3) is 0 Å². The van der Waals surface area contributed by atoms with Crippen molar-refractivity contribution in [1.82, 2.24) is 9.97 Å². The molecule has 21 heavy (non-hydrogen) atoms. The summed E-state index contributed by atoms with van der Waals surface area (Å²) in [5.74, 6) is 1.34. The first-order valence-corrected chi connectivity index (χ1v) is 7.13. The van der Waals surface area contributed by atoms with Crippen LogP contribution < -0.4 is 9.47 Å². The van der Waals surface area contributed by atoms with Gasteiger partial charge in [-0.3, -0.25) is 0 Å². The summed E-state index contributed by atoms with van der Waals surface area (Å²) in [6.45, 7) is 0. The number of halogens is 1. The molecular formula is C14H8ClN3O2S. The molecule has 2 heterocycles. The Balaban J connectivity index is 2.06. The monoisotopic (exact) mass is 317 g/mol. The zero-order chi connectivity index (χ0) is 14.8. The van der Waals surface area contributed by atoms with Gasteiger partial charge in [-0.15, -0.1) is 11.3 Å². The third-order valence-corrected chi connectivity index (χ3v) is 3.70. The second-order valence-electron chi connectivity index (χ2n) is 4.05. The van der Waals surface area contributed by atoms with E-state index in [4.69, 9.17) is 26.3 Å². The fourth-order valence-corrected chi connectivity index (χ4v) is 2.77. The highest BCUT2D eigenvalue weighted by molar-refractivity contribution is 7.16. The normalized spacial score (nSPS) is 10.3. The Morgan fingerprint density at radius 1 is 1.24 bits per heavy atom. The summed E-state index contributed by atoms with van der Waals surface area (Å²) in [7, 11) is 1.53. The van der Waals surface area contributed by atoms with Gasteiger partial charge in [0.05, 0.1) is 24.1 Å². The van der Waals surface area contributed by atoms with Gasteiger partial charge in [0.1, 0.15) is 16.3 Å². The van der Waals surface area contributed by atoms with E-state index < -0.39 is 0 Å². The molecule has 0 radical (unpaired) electrons. The van der Waals surface area contributed by atoms with Crippen molar-refractivity contribution in [2.45, 2.75) is 0 Å². The van der Waals surface area contributed by atoms with Gasteiger partial charge in [-0.05, 0) is 35.2 Å². The van der Waals surface area contributed by atoms with Crippen molar-refractivity contribution in [1.29, 1.82) is 5.26 Å². The molecule has 3 aromatic rings. The van der Waals surface area contributed by atoms with Crippen molar-refractivity contribution in [2.24, 2.45) is 0 Å². The van der Waals surface area contributed by atoms with Crippen molar-refractivity contribution in [3.63, 3.8) is 0 Å². The molecule has 1 aromatic carbocycles. The highest BCUT2D eigenvalue weighted by Crippen LogP contribution is 2.33. The van der Waals surface area contributed by atoms with Gasteiger partial charge < -0.3 is 9.47 Å². The topological polar surface area (TPSA) is 68.0 Å². The Bertz CT molecular complexity index is 857. The number of nitriles is 1. The molecule has 0 fully saturated rings. The van der Waals surface area contributed by atoms with Crippen LogP contribution in [-0.4, -0.2) is 17.1 Å². The number of fused-ring (bicyclic) bond motifs is 1. The molecule has 5 nitrogen and oxygen atoms in total. The molecule has 0 atom stereocenters. The van der Waals surface area contributed by atoms with Gasteiger partial charge >= 0.3 is 0 Å². The molecule has 0 amide bonds. The summed E-state index contributed by atoms with van der Waals surface area (Å²) in [6.07, 6.45) is 0. The van der Waals surface area contributed by atoms with Crippen LogP contribution in [0.5, 0.6) is 17.4 Å². The Morgan fingerprint density at radius 2 is 2.05 bits per heavy atom. The Hall–Kier alpha value is -2.36. The molecule has 0 aliphatic heterocycles. The molecule has 104 valence electrons. The van der Waals surface area contributed by atoms with E-state index in [0.29, 0.717) is 22.9 Å². The Morgan fingerprint density at radius 3 is 2.81 bits per heavy atom. The maximum atomic E-state index is 9.02. The van der Waals surface area contributed by atoms with Crippen LogP contribution in [0.25, 0.3) is 10.2 Å². The second kappa shape index (κ2) is 5.56. The van der Waals surface area contributed by atoms with Crippen molar-refractivity contribution in [3.05, 3.63) is 40.5 Å². The van der Waals surface area contributed by atoms with Gasteiger partial charge in [-0.1, -0.05) is 0 Å². The highest BCUT2D eigenvalue weighted by Gasteiger charge is 2.11. The third kappa shape index (κ3) is 2.75. The smallest absolute Gasteiger partial charge is 0.232 e. The van der Waals surface area contributed by atoms with Gasteiger partial charge in [0, 0.05) is 6.07 Å². The minimum atomic E-state index is 0.114. The van der Waals surface area contributed by atoms with Crippen LogP contribution in [0.3, 0.4) is 0 Å². The van der Waals surface area contributed by atoms with E-state index >= 15 is 0 Å². The maximum Gasteiger partial charge on any atom is 0.232 e. The molecule has 0 saturated heterocycles.